The SMILES string of the molecule is CC(C)(C#N)CCCCN1CCC(C(C)(C)C)CC1. The standard InChI is InChI=1S/C17H32N2/c1-16(2,3)15-8-12-19(13-9-15)11-7-6-10-17(4,5)14-18/h15H,6-13H2,1-5H3. The summed E-state index contributed by atoms with van der Waals surface area (Å²) in [5.74, 6) is 0.890. The lowest BCUT2D eigenvalue weighted by Gasteiger charge is -2.38. The minimum Gasteiger partial charge on any atom is -0.303 e. The molecular formula is C17H32N2. The van der Waals surface area contributed by atoms with Gasteiger partial charge in [0.25, 0.3) is 0 Å². The number of nitriles is 1. The summed E-state index contributed by atoms with van der Waals surface area (Å²) in [4.78, 5) is 2.61. The first-order valence-corrected chi connectivity index (χ1v) is 7.88. The Bertz CT molecular complexity index is 298. The van der Waals surface area contributed by atoms with Crippen molar-refractivity contribution in [1.82, 2.24) is 4.90 Å². The fourth-order valence-corrected chi connectivity index (χ4v) is 2.98. The molecule has 2 heteroatoms. The van der Waals surface area contributed by atoms with Crippen LogP contribution in [0.5, 0.6) is 0 Å². The average Bonchev–Trinajstić information content (AvgIpc) is 2.34. The van der Waals surface area contributed by atoms with Gasteiger partial charge in [-0.1, -0.05) is 27.2 Å². The lowest BCUT2D eigenvalue weighted by atomic mass is 9.75. The van der Waals surface area contributed by atoms with E-state index in [0.29, 0.717) is 5.41 Å². The van der Waals surface area contributed by atoms with Crippen LogP contribution in [-0.4, -0.2) is 24.5 Å². The van der Waals surface area contributed by atoms with Gasteiger partial charge in [-0.15, -0.1) is 0 Å². The molecule has 0 aromatic carbocycles. The molecule has 110 valence electrons. The largest absolute Gasteiger partial charge is 0.303 e. The summed E-state index contributed by atoms with van der Waals surface area (Å²) in [6.45, 7) is 15.0. The maximum atomic E-state index is 8.99. The van der Waals surface area contributed by atoms with E-state index < -0.39 is 0 Å². The van der Waals surface area contributed by atoms with Crippen LogP contribution in [0.15, 0.2) is 0 Å². The summed E-state index contributed by atoms with van der Waals surface area (Å²) >= 11 is 0. The second-order valence-corrected chi connectivity index (χ2v) is 7.93. The molecule has 1 heterocycles. The molecule has 0 amide bonds. The van der Waals surface area contributed by atoms with Crippen LogP contribution in [0.1, 0.15) is 66.7 Å². The highest BCUT2D eigenvalue weighted by atomic mass is 15.1. The molecule has 19 heavy (non-hydrogen) atoms. The summed E-state index contributed by atoms with van der Waals surface area (Å²) in [6.07, 6.45) is 6.16. The molecule has 1 saturated heterocycles. The number of hydrogen-bond acceptors (Lipinski definition) is 2. The fourth-order valence-electron chi connectivity index (χ4n) is 2.98. The molecule has 0 radical (unpaired) electrons. The Labute approximate surface area is 120 Å². The lowest BCUT2D eigenvalue weighted by molar-refractivity contribution is 0.110. The maximum Gasteiger partial charge on any atom is 0.0683 e. The van der Waals surface area contributed by atoms with Gasteiger partial charge in [0.05, 0.1) is 11.5 Å². The Balaban J connectivity index is 2.16. The quantitative estimate of drug-likeness (QED) is 0.685. The smallest absolute Gasteiger partial charge is 0.0683 e. The van der Waals surface area contributed by atoms with Gasteiger partial charge in [0.1, 0.15) is 0 Å². The van der Waals surface area contributed by atoms with Crippen LogP contribution in [0.2, 0.25) is 0 Å². The van der Waals surface area contributed by atoms with E-state index in [0.717, 1.165) is 12.3 Å². The number of hydrogen-bond donors (Lipinski definition) is 0. The van der Waals surface area contributed by atoms with Crippen molar-refractivity contribution in [3.05, 3.63) is 0 Å². The number of likely N-dealkylation sites (tertiary alicyclic amines) is 1. The summed E-state index contributed by atoms with van der Waals surface area (Å²) in [5, 5.41) is 8.99. The predicted octanol–water partition coefficient (Wildman–Crippen LogP) is 4.46. The van der Waals surface area contributed by atoms with Crippen LogP contribution in [-0.2, 0) is 0 Å². The van der Waals surface area contributed by atoms with Gasteiger partial charge in [0, 0.05) is 0 Å². The van der Waals surface area contributed by atoms with Gasteiger partial charge in [-0.2, -0.15) is 5.26 Å². The zero-order chi connectivity index (χ0) is 14.5. The van der Waals surface area contributed by atoms with Gasteiger partial charge >= 0.3 is 0 Å². The van der Waals surface area contributed by atoms with E-state index in [2.05, 4.69) is 31.7 Å². The Morgan fingerprint density at radius 2 is 1.63 bits per heavy atom. The molecular weight excluding hydrogens is 232 g/mol. The monoisotopic (exact) mass is 264 g/mol. The van der Waals surface area contributed by atoms with E-state index in [1.54, 1.807) is 0 Å². The first-order chi connectivity index (χ1) is 8.74. The highest BCUT2D eigenvalue weighted by molar-refractivity contribution is 4.91. The predicted molar refractivity (Wildman–Crippen MR) is 81.9 cm³/mol. The first-order valence-electron chi connectivity index (χ1n) is 7.88. The van der Waals surface area contributed by atoms with Crippen molar-refractivity contribution in [3.63, 3.8) is 0 Å². The number of piperidine rings is 1. The van der Waals surface area contributed by atoms with Crippen LogP contribution in [0, 0.1) is 28.1 Å². The molecule has 2 nitrogen and oxygen atoms in total. The topological polar surface area (TPSA) is 27.0 Å². The van der Waals surface area contributed by atoms with Gasteiger partial charge in [-0.3, -0.25) is 0 Å². The highest BCUT2D eigenvalue weighted by Crippen LogP contribution is 2.34. The van der Waals surface area contributed by atoms with Crippen molar-refractivity contribution in [2.45, 2.75) is 66.7 Å². The molecule has 1 rings (SSSR count). The summed E-state index contributed by atoms with van der Waals surface area (Å²) < 4.78 is 0. The molecule has 0 bridgehead atoms. The molecule has 1 aliphatic rings. The summed E-state index contributed by atoms with van der Waals surface area (Å²) in [5.41, 5.74) is 0.335. The molecule has 0 aromatic rings. The number of rotatable bonds is 5. The van der Waals surface area contributed by atoms with Crippen molar-refractivity contribution in [1.29, 1.82) is 5.26 Å². The molecule has 0 N–H and O–H groups in total. The molecule has 1 aliphatic heterocycles. The van der Waals surface area contributed by atoms with Crippen molar-refractivity contribution in [2.24, 2.45) is 16.7 Å². The van der Waals surface area contributed by atoms with Gasteiger partial charge in [-0.05, 0) is 70.5 Å². The average molecular weight is 264 g/mol. The number of nitrogens with zero attached hydrogens (tertiary/aromatic N) is 2. The molecule has 0 aromatic heterocycles. The van der Waals surface area contributed by atoms with E-state index in [-0.39, 0.29) is 5.41 Å². The van der Waals surface area contributed by atoms with Crippen LogP contribution >= 0.6 is 0 Å². The second kappa shape index (κ2) is 6.75. The Morgan fingerprint density at radius 3 is 2.11 bits per heavy atom. The van der Waals surface area contributed by atoms with Gasteiger partial charge in [-0.25, -0.2) is 0 Å². The minimum absolute atomic E-state index is 0.140. The third kappa shape index (κ3) is 5.95. The lowest BCUT2D eigenvalue weighted by Crippen LogP contribution is -2.38. The minimum atomic E-state index is -0.140. The zero-order valence-corrected chi connectivity index (χ0v) is 13.6. The van der Waals surface area contributed by atoms with Crippen molar-refractivity contribution in [3.8, 4) is 6.07 Å². The Hall–Kier alpha value is -0.550. The van der Waals surface area contributed by atoms with Crippen LogP contribution in [0.4, 0.5) is 0 Å². The second-order valence-electron chi connectivity index (χ2n) is 7.93. The van der Waals surface area contributed by atoms with E-state index >= 15 is 0 Å². The Kier molecular flexibility index (Phi) is 5.86. The Morgan fingerprint density at radius 1 is 1.05 bits per heavy atom. The molecule has 0 spiro atoms. The van der Waals surface area contributed by atoms with Gasteiger partial charge in [0.2, 0.25) is 0 Å². The first kappa shape index (κ1) is 16.5. The molecule has 0 saturated carbocycles. The van der Waals surface area contributed by atoms with E-state index in [1.165, 1.54) is 45.3 Å². The molecule has 0 atom stereocenters. The summed E-state index contributed by atoms with van der Waals surface area (Å²) in [6, 6.07) is 2.39. The van der Waals surface area contributed by atoms with E-state index in [4.69, 9.17) is 5.26 Å². The fraction of sp³-hybridized carbons (Fsp3) is 0.941. The maximum absolute atomic E-state index is 8.99. The van der Waals surface area contributed by atoms with Crippen molar-refractivity contribution < 1.29 is 0 Å². The summed E-state index contributed by atoms with van der Waals surface area (Å²) in [7, 11) is 0. The number of unbranched alkanes of at least 4 members (excludes halogenated alkanes) is 1. The van der Waals surface area contributed by atoms with Crippen LogP contribution in [0.3, 0.4) is 0 Å². The normalized spacial score (nSPS) is 19.4. The van der Waals surface area contributed by atoms with Gasteiger partial charge < -0.3 is 4.90 Å². The van der Waals surface area contributed by atoms with Crippen LogP contribution in [0.25, 0.3) is 0 Å². The molecule has 1 fully saturated rings. The van der Waals surface area contributed by atoms with E-state index in [1.807, 2.05) is 13.8 Å². The van der Waals surface area contributed by atoms with Crippen LogP contribution < -0.4 is 0 Å². The third-order valence-corrected chi connectivity index (χ3v) is 4.64. The van der Waals surface area contributed by atoms with Crippen molar-refractivity contribution >= 4 is 0 Å². The van der Waals surface area contributed by atoms with Gasteiger partial charge in [0.15, 0.2) is 0 Å². The molecule has 0 unspecified atom stereocenters. The van der Waals surface area contributed by atoms with Crippen molar-refractivity contribution in [2.75, 3.05) is 19.6 Å². The molecule has 0 aliphatic carbocycles. The zero-order valence-electron chi connectivity index (χ0n) is 13.6. The third-order valence-electron chi connectivity index (χ3n) is 4.64. The van der Waals surface area contributed by atoms with E-state index in [9.17, 15) is 0 Å². The highest BCUT2D eigenvalue weighted by Gasteiger charge is 2.28.